The normalized spacial score (nSPS) is 17.2. The van der Waals surface area contributed by atoms with Gasteiger partial charge in [-0.25, -0.2) is 13.6 Å². The van der Waals surface area contributed by atoms with Crippen molar-refractivity contribution >= 4 is 12.2 Å². The molecular formula is C19H26F2N2O2. The second-order valence-corrected chi connectivity index (χ2v) is 7.42. The molecule has 1 fully saturated rings. The first-order valence-corrected chi connectivity index (χ1v) is 8.54. The van der Waals surface area contributed by atoms with Crippen LogP contribution in [-0.2, 0) is 0 Å². The number of benzene rings is 1. The van der Waals surface area contributed by atoms with Gasteiger partial charge in [0.15, 0.2) is 0 Å². The van der Waals surface area contributed by atoms with Crippen molar-refractivity contribution in [1.82, 2.24) is 9.80 Å². The molecule has 2 rings (SSSR count). The molecule has 0 aliphatic carbocycles. The summed E-state index contributed by atoms with van der Waals surface area (Å²) in [6.07, 6.45) is 4.06. The van der Waals surface area contributed by atoms with Crippen LogP contribution in [0.2, 0.25) is 0 Å². The first-order valence-electron chi connectivity index (χ1n) is 8.54. The van der Waals surface area contributed by atoms with Gasteiger partial charge in [0.05, 0.1) is 0 Å². The minimum Gasteiger partial charge on any atom is -0.465 e. The van der Waals surface area contributed by atoms with Crippen molar-refractivity contribution in [1.29, 1.82) is 0 Å². The maximum Gasteiger partial charge on any atom is 0.407 e. The van der Waals surface area contributed by atoms with Gasteiger partial charge in [-0.3, -0.25) is 4.90 Å². The van der Waals surface area contributed by atoms with Crippen LogP contribution in [0, 0.1) is 11.6 Å². The average molecular weight is 352 g/mol. The summed E-state index contributed by atoms with van der Waals surface area (Å²) < 4.78 is 26.7. The Morgan fingerprint density at radius 2 is 1.96 bits per heavy atom. The lowest BCUT2D eigenvalue weighted by Crippen LogP contribution is -2.54. The number of amides is 1. The molecule has 138 valence electrons. The number of rotatable bonds is 4. The second kappa shape index (κ2) is 7.95. The molecule has 25 heavy (non-hydrogen) atoms. The van der Waals surface area contributed by atoms with Gasteiger partial charge < -0.3 is 10.0 Å². The molecule has 1 N–H and O–H groups in total. The van der Waals surface area contributed by atoms with Crippen LogP contribution in [0.5, 0.6) is 0 Å². The second-order valence-electron chi connectivity index (χ2n) is 7.42. The van der Waals surface area contributed by atoms with Crippen molar-refractivity contribution < 1.29 is 18.7 Å². The molecule has 1 aromatic carbocycles. The monoisotopic (exact) mass is 352 g/mol. The quantitative estimate of drug-likeness (QED) is 0.882. The van der Waals surface area contributed by atoms with E-state index in [1.165, 1.54) is 6.07 Å². The number of carboxylic acid groups (broad SMARTS) is 1. The molecule has 4 nitrogen and oxygen atoms in total. The molecule has 0 atom stereocenters. The predicted octanol–water partition coefficient (Wildman–Crippen LogP) is 4.22. The molecule has 0 bridgehead atoms. The molecule has 1 aliphatic rings. The summed E-state index contributed by atoms with van der Waals surface area (Å²) in [4.78, 5) is 15.3. The van der Waals surface area contributed by atoms with Crippen molar-refractivity contribution in [2.45, 2.75) is 45.2 Å². The third-order valence-corrected chi connectivity index (χ3v) is 4.47. The molecule has 1 aliphatic heterocycles. The molecule has 1 saturated heterocycles. The zero-order valence-corrected chi connectivity index (χ0v) is 15.0. The van der Waals surface area contributed by atoms with Gasteiger partial charge in [0.1, 0.15) is 11.6 Å². The maximum absolute atomic E-state index is 13.6. The van der Waals surface area contributed by atoms with E-state index in [1.807, 2.05) is 26.8 Å². The Labute approximate surface area is 147 Å². The van der Waals surface area contributed by atoms with Crippen molar-refractivity contribution in [2.24, 2.45) is 0 Å². The highest BCUT2D eigenvalue weighted by atomic mass is 19.1. The lowest BCUT2D eigenvalue weighted by atomic mass is 9.97. The smallest absolute Gasteiger partial charge is 0.407 e. The fourth-order valence-corrected chi connectivity index (χ4v) is 3.32. The maximum atomic E-state index is 13.6. The molecule has 1 aromatic rings. The Hall–Kier alpha value is -1.95. The molecule has 0 unspecified atom stereocenters. The molecule has 0 aromatic heterocycles. The summed E-state index contributed by atoms with van der Waals surface area (Å²) in [5.74, 6) is -0.906. The summed E-state index contributed by atoms with van der Waals surface area (Å²) in [5.41, 5.74) is -0.187. The van der Waals surface area contributed by atoms with Crippen LogP contribution < -0.4 is 0 Å². The minimum absolute atomic E-state index is 0.0124. The van der Waals surface area contributed by atoms with Gasteiger partial charge in [0.2, 0.25) is 0 Å². The van der Waals surface area contributed by atoms with Crippen molar-refractivity contribution in [3.05, 3.63) is 41.5 Å². The fourth-order valence-electron chi connectivity index (χ4n) is 3.32. The lowest BCUT2D eigenvalue weighted by Gasteiger charge is -2.43. The summed E-state index contributed by atoms with van der Waals surface area (Å²) in [7, 11) is 0. The van der Waals surface area contributed by atoms with E-state index in [0.29, 0.717) is 6.54 Å². The molecule has 1 amide bonds. The van der Waals surface area contributed by atoms with E-state index in [4.69, 9.17) is 0 Å². The third-order valence-electron chi connectivity index (χ3n) is 4.47. The van der Waals surface area contributed by atoms with Gasteiger partial charge in [0, 0.05) is 36.8 Å². The van der Waals surface area contributed by atoms with Crippen LogP contribution in [0.4, 0.5) is 13.6 Å². The topological polar surface area (TPSA) is 43.8 Å². The highest BCUT2D eigenvalue weighted by molar-refractivity contribution is 5.66. The van der Waals surface area contributed by atoms with Crippen LogP contribution in [0.1, 0.15) is 39.2 Å². The van der Waals surface area contributed by atoms with Crippen molar-refractivity contribution in [3.63, 3.8) is 0 Å². The Morgan fingerprint density at radius 3 is 2.52 bits per heavy atom. The molecule has 6 heteroatoms. The van der Waals surface area contributed by atoms with Crippen LogP contribution in [0.15, 0.2) is 24.3 Å². The van der Waals surface area contributed by atoms with Gasteiger partial charge in [-0.15, -0.1) is 0 Å². The molecule has 0 saturated carbocycles. The summed E-state index contributed by atoms with van der Waals surface area (Å²) in [5, 5.41) is 9.48. The predicted molar refractivity (Wildman–Crippen MR) is 94.5 cm³/mol. The Kier molecular flexibility index (Phi) is 6.16. The van der Waals surface area contributed by atoms with Crippen LogP contribution >= 0.6 is 0 Å². The lowest BCUT2D eigenvalue weighted by molar-refractivity contribution is 0.0441. The fraction of sp³-hybridized carbons (Fsp3) is 0.526. The number of hydrogen-bond donors (Lipinski definition) is 1. The number of piperidine rings is 1. The first-order chi connectivity index (χ1) is 11.7. The summed E-state index contributed by atoms with van der Waals surface area (Å²) in [6, 6.07) is 3.40. The van der Waals surface area contributed by atoms with Crippen molar-refractivity contribution in [2.75, 3.05) is 19.6 Å². The first kappa shape index (κ1) is 19.4. The van der Waals surface area contributed by atoms with Crippen LogP contribution in [0.3, 0.4) is 0 Å². The van der Waals surface area contributed by atoms with Crippen LogP contribution in [0.25, 0.3) is 6.08 Å². The Morgan fingerprint density at radius 1 is 1.32 bits per heavy atom. The summed E-state index contributed by atoms with van der Waals surface area (Å²) >= 11 is 0. The van der Waals surface area contributed by atoms with E-state index in [-0.39, 0.29) is 11.6 Å². The molecular weight excluding hydrogens is 326 g/mol. The van der Waals surface area contributed by atoms with E-state index >= 15 is 0 Å². The molecule has 0 spiro atoms. The van der Waals surface area contributed by atoms with Gasteiger partial charge in [-0.05, 0) is 51.8 Å². The number of nitrogens with zero attached hydrogens (tertiary/aromatic N) is 2. The van der Waals surface area contributed by atoms with Gasteiger partial charge in [-0.2, -0.15) is 0 Å². The minimum atomic E-state index is -0.882. The van der Waals surface area contributed by atoms with Crippen LogP contribution in [-0.4, -0.2) is 52.2 Å². The van der Waals surface area contributed by atoms with E-state index < -0.39 is 23.3 Å². The number of hydrogen-bond acceptors (Lipinski definition) is 2. The highest BCUT2D eigenvalue weighted by Gasteiger charge is 2.34. The number of carbonyl (C=O) groups is 1. The Balaban J connectivity index is 1.89. The SMILES string of the molecule is CC(C)(C)N(C(=O)O)C1CCN(CC=Cc2cc(F)ccc2F)CC1. The van der Waals surface area contributed by atoms with Gasteiger partial charge >= 0.3 is 6.09 Å². The molecule has 0 radical (unpaired) electrons. The third kappa shape index (κ3) is 5.26. The van der Waals surface area contributed by atoms with E-state index in [0.717, 1.165) is 38.1 Å². The number of halogens is 2. The summed E-state index contributed by atoms with van der Waals surface area (Å²) in [6.45, 7) is 7.91. The van der Waals surface area contributed by atoms with E-state index in [1.54, 1.807) is 11.0 Å². The van der Waals surface area contributed by atoms with E-state index in [9.17, 15) is 18.7 Å². The standard InChI is InChI=1S/C19H26F2N2O2/c1-19(2,3)23(18(24)25)16-8-11-22(12-9-16)10-4-5-14-13-15(20)6-7-17(14)21/h4-7,13,16H,8-12H2,1-3H3,(H,24,25). The van der Waals surface area contributed by atoms with Gasteiger partial charge in [-0.1, -0.05) is 12.2 Å². The average Bonchev–Trinajstić information content (AvgIpc) is 2.50. The number of likely N-dealkylation sites (tertiary alicyclic amines) is 1. The highest BCUT2D eigenvalue weighted by Crippen LogP contribution is 2.24. The zero-order valence-electron chi connectivity index (χ0n) is 15.0. The molecule has 1 heterocycles. The zero-order chi connectivity index (χ0) is 18.6. The largest absolute Gasteiger partial charge is 0.465 e. The van der Waals surface area contributed by atoms with Gasteiger partial charge in [0.25, 0.3) is 0 Å². The Bertz CT molecular complexity index is 633. The van der Waals surface area contributed by atoms with E-state index in [2.05, 4.69) is 4.90 Å². The van der Waals surface area contributed by atoms with Crippen molar-refractivity contribution in [3.8, 4) is 0 Å².